The van der Waals surface area contributed by atoms with Crippen LogP contribution in [0.25, 0.3) is 0 Å². The number of hydrogen-bond donors (Lipinski definition) is 1. The first-order valence-corrected chi connectivity index (χ1v) is 9.59. The second kappa shape index (κ2) is 9.26. The Hall–Kier alpha value is -0.940. The third-order valence-corrected chi connectivity index (χ3v) is 5.78. The Kier molecular flexibility index (Phi) is 8.04. The van der Waals surface area contributed by atoms with E-state index in [2.05, 4.69) is 23.8 Å². The van der Waals surface area contributed by atoms with Crippen LogP contribution in [0.1, 0.15) is 57.1 Å². The summed E-state index contributed by atoms with van der Waals surface area (Å²) in [6.07, 6.45) is 3.10. The van der Waals surface area contributed by atoms with Crippen molar-refractivity contribution in [3.05, 3.63) is 35.4 Å². The number of benzene rings is 1. The van der Waals surface area contributed by atoms with Gasteiger partial charge in [-0.05, 0) is 56.6 Å². The summed E-state index contributed by atoms with van der Waals surface area (Å²) < 4.78 is 38.8. The molecule has 0 aromatic heterocycles. The molecule has 0 aliphatic carbocycles. The predicted molar refractivity (Wildman–Crippen MR) is 90.4 cm³/mol. The molecule has 1 aromatic carbocycles. The van der Waals surface area contributed by atoms with Gasteiger partial charge < -0.3 is 0 Å². The standard InChI is InChI=1S/C17H28FNO2S/c1-4-15(13-19-22(20,21)14(2)3)17-11-6-5-9-16(17)10-7-8-12-18/h5-6,9,11,14-15,19H,4,7-8,10,12-13H2,1-3H3. The summed E-state index contributed by atoms with van der Waals surface area (Å²) in [5.41, 5.74) is 2.38. The van der Waals surface area contributed by atoms with Crippen molar-refractivity contribution in [2.45, 2.75) is 57.6 Å². The molecule has 0 saturated heterocycles. The Labute approximate surface area is 134 Å². The Morgan fingerprint density at radius 2 is 1.86 bits per heavy atom. The van der Waals surface area contributed by atoms with Crippen LogP contribution < -0.4 is 4.72 Å². The van der Waals surface area contributed by atoms with Crippen LogP contribution in [0.4, 0.5) is 4.39 Å². The summed E-state index contributed by atoms with van der Waals surface area (Å²) in [5, 5.41) is -0.426. The van der Waals surface area contributed by atoms with E-state index in [4.69, 9.17) is 0 Å². The van der Waals surface area contributed by atoms with Gasteiger partial charge in [-0.1, -0.05) is 31.2 Å². The molecule has 0 aliphatic rings. The Morgan fingerprint density at radius 3 is 2.45 bits per heavy atom. The zero-order chi connectivity index (χ0) is 16.6. The smallest absolute Gasteiger partial charge is 0.213 e. The lowest BCUT2D eigenvalue weighted by Crippen LogP contribution is -2.34. The topological polar surface area (TPSA) is 46.2 Å². The highest BCUT2D eigenvalue weighted by Crippen LogP contribution is 2.24. The van der Waals surface area contributed by atoms with Crippen LogP contribution in [0.3, 0.4) is 0 Å². The molecule has 126 valence electrons. The van der Waals surface area contributed by atoms with Crippen molar-refractivity contribution in [2.24, 2.45) is 0 Å². The number of aryl methyl sites for hydroxylation is 1. The Balaban J connectivity index is 2.82. The molecule has 1 unspecified atom stereocenters. The molecule has 0 bridgehead atoms. The maximum Gasteiger partial charge on any atom is 0.213 e. The molecule has 3 nitrogen and oxygen atoms in total. The van der Waals surface area contributed by atoms with Crippen molar-refractivity contribution in [1.82, 2.24) is 4.72 Å². The van der Waals surface area contributed by atoms with Crippen molar-refractivity contribution in [2.75, 3.05) is 13.2 Å². The largest absolute Gasteiger partial charge is 0.251 e. The number of sulfonamides is 1. The first-order chi connectivity index (χ1) is 10.4. The molecule has 0 radical (unpaired) electrons. The highest BCUT2D eigenvalue weighted by atomic mass is 32.2. The van der Waals surface area contributed by atoms with Gasteiger partial charge in [-0.2, -0.15) is 0 Å². The molecular formula is C17H28FNO2S. The Bertz CT molecular complexity index is 543. The van der Waals surface area contributed by atoms with Crippen molar-refractivity contribution in [1.29, 1.82) is 0 Å². The molecular weight excluding hydrogens is 301 g/mol. The number of halogens is 1. The summed E-state index contributed by atoms with van der Waals surface area (Å²) in [6.45, 7) is 5.54. The monoisotopic (exact) mass is 329 g/mol. The predicted octanol–water partition coefficient (Wildman–Crippen LogP) is 3.80. The maximum absolute atomic E-state index is 12.3. The lowest BCUT2D eigenvalue weighted by atomic mass is 9.90. The van der Waals surface area contributed by atoms with Gasteiger partial charge in [-0.15, -0.1) is 0 Å². The van der Waals surface area contributed by atoms with Gasteiger partial charge in [0.1, 0.15) is 0 Å². The summed E-state index contributed by atoms with van der Waals surface area (Å²) in [6, 6.07) is 8.09. The quantitative estimate of drug-likeness (QED) is 0.664. The minimum atomic E-state index is -3.24. The van der Waals surface area contributed by atoms with Gasteiger partial charge in [0.05, 0.1) is 11.9 Å². The van der Waals surface area contributed by atoms with Crippen molar-refractivity contribution < 1.29 is 12.8 Å². The summed E-state index contributed by atoms with van der Waals surface area (Å²) in [5.74, 6) is 0.148. The van der Waals surface area contributed by atoms with Gasteiger partial charge in [0, 0.05) is 6.54 Å². The molecule has 5 heteroatoms. The van der Waals surface area contributed by atoms with Gasteiger partial charge in [0.15, 0.2) is 0 Å². The van der Waals surface area contributed by atoms with Gasteiger partial charge in [0.25, 0.3) is 0 Å². The van der Waals surface area contributed by atoms with E-state index in [9.17, 15) is 12.8 Å². The van der Waals surface area contributed by atoms with E-state index in [1.165, 1.54) is 11.1 Å². The highest BCUT2D eigenvalue weighted by molar-refractivity contribution is 7.90. The first-order valence-electron chi connectivity index (χ1n) is 8.04. The van der Waals surface area contributed by atoms with E-state index < -0.39 is 15.3 Å². The van der Waals surface area contributed by atoms with Gasteiger partial charge in [-0.25, -0.2) is 13.1 Å². The normalized spacial score (nSPS) is 13.5. The molecule has 1 rings (SSSR count). The zero-order valence-electron chi connectivity index (χ0n) is 13.8. The van der Waals surface area contributed by atoms with Crippen molar-refractivity contribution >= 4 is 10.0 Å². The minimum Gasteiger partial charge on any atom is -0.251 e. The Morgan fingerprint density at radius 1 is 1.18 bits per heavy atom. The molecule has 0 amide bonds. The van der Waals surface area contributed by atoms with E-state index in [0.29, 0.717) is 13.0 Å². The molecule has 22 heavy (non-hydrogen) atoms. The van der Waals surface area contributed by atoms with E-state index in [0.717, 1.165) is 19.3 Å². The molecule has 0 fully saturated rings. The summed E-state index contributed by atoms with van der Waals surface area (Å²) >= 11 is 0. The second-order valence-corrected chi connectivity index (χ2v) is 8.21. The second-order valence-electron chi connectivity index (χ2n) is 5.89. The third-order valence-electron chi connectivity index (χ3n) is 3.97. The molecule has 0 spiro atoms. The number of nitrogens with one attached hydrogen (secondary N) is 1. The molecule has 0 aliphatic heterocycles. The highest BCUT2D eigenvalue weighted by Gasteiger charge is 2.19. The first kappa shape index (κ1) is 19.1. The lowest BCUT2D eigenvalue weighted by molar-refractivity contribution is 0.461. The molecule has 0 saturated carbocycles. The van der Waals surface area contributed by atoms with Gasteiger partial charge in [-0.3, -0.25) is 4.39 Å². The van der Waals surface area contributed by atoms with Crippen LogP contribution >= 0.6 is 0 Å². The number of rotatable bonds is 10. The minimum absolute atomic E-state index is 0.148. The van der Waals surface area contributed by atoms with E-state index >= 15 is 0 Å². The van der Waals surface area contributed by atoms with Crippen LogP contribution in [0.2, 0.25) is 0 Å². The summed E-state index contributed by atoms with van der Waals surface area (Å²) in [4.78, 5) is 0. The number of alkyl halides is 1. The molecule has 1 atom stereocenters. The lowest BCUT2D eigenvalue weighted by Gasteiger charge is -2.20. The van der Waals surface area contributed by atoms with Crippen molar-refractivity contribution in [3.8, 4) is 0 Å². The maximum atomic E-state index is 12.3. The van der Waals surface area contributed by atoms with E-state index in [1.807, 2.05) is 12.1 Å². The van der Waals surface area contributed by atoms with Gasteiger partial charge >= 0.3 is 0 Å². The summed E-state index contributed by atoms with van der Waals surface area (Å²) in [7, 11) is -3.24. The van der Waals surface area contributed by atoms with Crippen LogP contribution in [-0.4, -0.2) is 26.9 Å². The van der Waals surface area contributed by atoms with Crippen LogP contribution in [0.5, 0.6) is 0 Å². The molecule has 0 heterocycles. The average molecular weight is 329 g/mol. The van der Waals surface area contributed by atoms with Crippen LogP contribution in [0.15, 0.2) is 24.3 Å². The fourth-order valence-electron chi connectivity index (χ4n) is 2.43. The van der Waals surface area contributed by atoms with E-state index in [-0.39, 0.29) is 12.6 Å². The SMILES string of the molecule is CCC(CNS(=O)(=O)C(C)C)c1ccccc1CCCCF. The third kappa shape index (κ3) is 5.69. The van der Waals surface area contributed by atoms with Crippen LogP contribution in [0, 0.1) is 0 Å². The fourth-order valence-corrected chi connectivity index (χ4v) is 3.19. The van der Waals surface area contributed by atoms with Crippen molar-refractivity contribution in [3.63, 3.8) is 0 Å². The molecule has 1 aromatic rings. The zero-order valence-corrected chi connectivity index (χ0v) is 14.6. The number of unbranched alkanes of at least 4 members (excludes halogenated alkanes) is 1. The van der Waals surface area contributed by atoms with E-state index in [1.54, 1.807) is 13.8 Å². The average Bonchev–Trinajstić information content (AvgIpc) is 2.49. The van der Waals surface area contributed by atoms with Crippen LogP contribution in [-0.2, 0) is 16.4 Å². The van der Waals surface area contributed by atoms with Gasteiger partial charge in [0.2, 0.25) is 10.0 Å². The number of hydrogen-bond acceptors (Lipinski definition) is 2. The fraction of sp³-hybridized carbons (Fsp3) is 0.647. The molecule has 1 N–H and O–H groups in total.